The highest BCUT2D eigenvalue weighted by atomic mass is 15.0. The van der Waals surface area contributed by atoms with Crippen LogP contribution in [0, 0.1) is 0 Å². The molecule has 0 aromatic heterocycles. The third-order valence-electron chi connectivity index (χ3n) is 3.84. The molecule has 17 heavy (non-hydrogen) atoms. The van der Waals surface area contributed by atoms with Gasteiger partial charge in [-0.3, -0.25) is 0 Å². The molecule has 0 aliphatic carbocycles. The number of unbranched alkanes of at least 4 members (excludes halogenated alkanes) is 4. The van der Waals surface area contributed by atoms with Crippen molar-refractivity contribution in [1.29, 1.82) is 0 Å². The average molecular weight is 240 g/mol. The summed E-state index contributed by atoms with van der Waals surface area (Å²) in [5.74, 6) is 0. The summed E-state index contributed by atoms with van der Waals surface area (Å²) in [4.78, 5) is 0. The Balaban J connectivity index is 2.11. The van der Waals surface area contributed by atoms with E-state index < -0.39 is 0 Å². The van der Waals surface area contributed by atoms with Crippen LogP contribution in [0.5, 0.6) is 0 Å². The van der Waals surface area contributed by atoms with Gasteiger partial charge in [-0.25, -0.2) is 0 Å². The molecule has 2 heteroatoms. The normalized spacial score (nSPS) is 18.5. The van der Waals surface area contributed by atoms with Crippen molar-refractivity contribution in [2.24, 2.45) is 0 Å². The van der Waals surface area contributed by atoms with E-state index in [0.717, 1.165) is 6.04 Å². The first kappa shape index (κ1) is 15.0. The zero-order valence-electron chi connectivity index (χ0n) is 12.1. The van der Waals surface area contributed by atoms with E-state index >= 15 is 0 Å². The van der Waals surface area contributed by atoms with E-state index in [4.69, 9.17) is 0 Å². The topological polar surface area (TPSA) is 24.1 Å². The minimum absolute atomic E-state index is 0.328. The Morgan fingerprint density at radius 2 is 1.71 bits per heavy atom. The predicted octanol–water partition coefficient (Wildman–Crippen LogP) is 3.47. The molecule has 102 valence electrons. The molecule has 0 spiro atoms. The summed E-state index contributed by atoms with van der Waals surface area (Å²) < 4.78 is 0. The molecule has 0 atom stereocenters. The van der Waals surface area contributed by atoms with Gasteiger partial charge in [0.2, 0.25) is 0 Å². The standard InChI is InChI=1S/C15H32N2/c1-4-5-6-7-8-11-15(2,3)17-14-9-12-16-13-10-14/h14,16-17H,4-13H2,1-3H3. The van der Waals surface area contributed by atoms with Gasteiger partial charge in [0.25, 0.3) is 0 Å². The lowest BCUT2D eigenvalue weighted by molar-refractivity contribution is 0.268. The Kier molecular flexibility index (Phi) is 7.14. The fraction of sp³-hybridized carbons (Fsp3) is 1.00. The molecule has 1 fully saturated rings. The second kappa shape index (κ2) is 8.10. The van der Waals surface area contributed by atoms with Gasteiger partial charge in [-0.2, -0.15) is 0 Å². The first-order chi connectivity index (χ1) is 8.14. The molecule has 0 unspecified atom stereocenters. The molecule has 0 aromatic carbocycles. The second-order valence-electron chi connectivity index (χ2n) is 6.22. The highest BCUT2D eigenvalue weighted by molar-refractivity contribution is 4.84. The van der Waals surface area contributed by atoms with Crippen molar-refractivity contribution in [3.05, 3.63) is 0 Å². The number of rotatable bonds is 8. The van der Waals surface area contributed by atoms with Crippen LogP contribution in [0.3, 0.4) is 0 Å². The molecule has 0 aromatic rings. The molecule has 1 heterocycles. The lowest BCUT2D eigenvalue weighted by Gasteiger charge is -2.34. The maximum absolute atomic E-state index is 3.85. The number of piperidine rings is 1. The van der Waals surface area contributed by atoms with Gasteiger partial charge in [0.05, 0.1) is 0 Å². The summed E-state index contributed by atoms with van der Waals surface area (Å²) in [6.07, 6.45) is 10.9. The van der Waals surface area contributed by atoms with Crippen LogP contribution in [-0.4, -0.2) is 24.7 Å². The molecular weight excluding hydrogens is 208 g/mol. The monoisotopic (exact) mass is 240 g/mol. The molecule has 0 bridgehead atoms. The van der Waals surface area contributed by atoms with Crippen molar-refractivity contribution in [3.8, 4) is 0 Å². The lowest BCUT2D eigenvalue weighted by atomic mass is 9.93. The fourth-order valence-electron chi connectivity index (χ4n) is 2.76. The van der Waals surface area contributed by atoms with Gasteiger partial charge >= 0.3 is 0 Å². The highest BCUT2D eigenvalue weighted by Crippen LogP contribution is 2.17. The van der Waals surface area contributed by atoms with Crippen LogP contribution in [0.1, 0.15) is 72.1 Å². The van der Waals surface area contributed by atoms with E-state index in [1.54, 1.807) is 0 Å². The summed E-state index contributed by atoms with van der Waals surface area (Å²) in [6, 6.07) is 0.738. The molecule has 0 amide bonds. The summed E-state index contributed by atoms with van der Waals surface area (Å²) in [6.45, 7) is 9.39. The highest BCUT2D eigenvalue weighted by Gasteiger charge is 2.22. The predicted molar refractivity (Wildman–Crippen MR) is 76.5 cm³/mol. The SMILES string of the molecule is CCCCCCCC(C)(C)NC1CCNCC1. The summed E-state index contributed by atoms with van der Waals surface area (Å²) in [7, 11) is 0. The Morgan fingerprint density at radius 1 is 1.06 bits per heavy atom. The fourth-order valence-corrected chi connectivity index (χ4v) is 2.76. The molecule has 1 saturated heterocycles. The van der Waals surface area contributed by atoms with E-state index in [1.165, 1.54) is 64.5 Å². The first-order valence-corrected chi connectivity index (χ1v) is 7.62. The first-order valence-electron chi connectivity index (χ1n) is 7.62. The van der Waals surface area contributed by atoms with Crippen LogP contribution in [0.4, 0.5) is 0 Å². The Hall–Kier alpha value is -0.0800. The van der Waals surface area contributed by atoms with Crippen LogP contribution in [-0.2, 0) is 0 Å². The molecule has 1 rings (SSSR count). The molecule has 0 saturated carbocycles. The van der Waals surface area contributed by atoms with Gasteiger partial charge < -0.3 is 10.6 Å². The summed E-state index contributed by atoms with van der Waals surface area (Å²) >= 11 is 0. The van der Waals surface area contributed by atoms with E-state index in [1.807, 2.05) is 0 Å². The van der Waals surface area contributed by atoms with Gasteiger partial charge in [0.15, 0.2) is 0 Å². The third kappa shape index (κ3) is 7.05. The molecule has 0 radical (unpaired) electrons. The minimum atomic E-state index is 0.328. The van der Waals surface area contributed by atoms with Crippen LogP contribution in [0.2, 0.25) is 0 Å². The van der Waals surface area contributed by atoms with E-state index in [2.05, 4.69) is 31.4 Å². The van der Waals surface area contributed by atoms with Crippen molar-refractivity contribution in [2.45, 2.75) is 83.7 Å². The third-order valence-corrected chi connectivity index (χ3v) is 3.84. The average Bonchev–Trinajstić information content (AvgIpc) is 2.29. The second-order valence-corrected chi connectivity index (χ2v) is 6.22. The Morgan fingerprint density at radius 3 is 2.35 bits per heavy atom. The quantitative estimate of drug-likeness (QED) is 0.635. The molecule has 2 N–H and O–H groups in total. The molecule has 1 aliphatic rings. The Bertz CT molecular complexity index is 183. The molecule has 1 aliphatic heterocycles. The maximum atomic E-state index is 3.85. The van der Waals surface area contributed by atoms with Crippen LogP contribution < -0.4 is 10.6 Å². The smallest absolute Gasteiger partial charge is 0.0127 e. The maximum Gasteiger partial charge on any atom is 0.0127 e. The van der Waals surface area contributed by atoms with E-state index in [9.17, 15) is 0 Å². The van der Waals surface area contributed by atoms with Crippen molar-refractivity contribution in [3.63, 3.8) is 0 Å². The minimum Gasteiger partial charge on any atom is -0.317 e. The van der Waals surface area contributed by atoms with Gasteiger partial charge in [-0.15, -0.1) is 0 Å². The van der Waals surface area contributed by atoms with E-state index in [-0.39, 0.29) is 0 Å². The van der Waals surface area contributed by atoms with Crippen LogP contribution >= 0.6 is 0 Å². The number of hydrogen-bond acceptors (Lipinski definition) is 2. The van der Waals surface area contributed by atoms with Gasteiger partial charge in [0.1, 0.15) is 0 Å². The van der Waals surface area contributed by atoms with Crippen molar-refractivity contribution in [2.75, 3.05) is 13.1 Å². The Labute approximate surface area is 108 Å². The zero-order chi connectivity index (χ0) is 12.6. The summed E-state index contributed by atoms with van der Waals surface area (Å²) in [5.41, 5.74) is 0.328. The molecular formula is C15H32N2. The lowest BCUT2D eigenvalue weighted by Crippen LogP contribution is -2.49. The van der Waals surface area contributed by atoms with Crippen molar-refractivity contribution < 1.29 is 0 Å². The van der Waals surface area contributed by atoms with Crippen molar-refractivity contribution in [1.82, 2.24) is 10.6 Å². The van der Waals surface area contributed by atoms with Crippen LogP contribution in [0.15, 0.2) is 0 Å². The van der Waals surface area contributed by atoms with Crippen molar-refractivity contribution >= 4 is 0 Å². The largest absolute Gasteiger partial charge is 0.317 e. The van der Waals surface area contributed by atoms with Gasteiger partial charge in [0, 0.05) is 11.6 Å². The van der Waals surface area contributed by atoms with E-state index in [0.29, 0.717) is 5.54 Å². The van der Waals surface area contributed by atoms with Crippen LogP contribution in [0.25, 0.3) is 0 Å². The number of nitrogens with one attached hydrogen (secondary N) is 2. The molecule has 2 nitrogen and oxygen atoms in total. The zero-order valence-corrected chi connectivity index (χ0v) is 12.1. The number of hydrogen-bond donors (Lipinski definition) is 2. The van der Waals surface area contributed by atoms with Gasteiger partial charge in [-0.05, 0) is 46.2 Å². The van der Waals surface area contributed by atoms with Gasteiger partial charge in [-0.1, -0.05) is 39.0 Å². The summed E-state index contributed by atoms with van der Waals surface area (Å²) in [5, 5.41) is 7.27.